The van der Waals surface area contributed by atoms with Crippen molar-refractivity contribution in [1.29, 1.82) is 0 Å². The van der Waals surface area contributed by atoms with Gasteiger partial charge < -0.3 is 33.3 Å². The summed E-state index contributed by atoms with van der Waals surface area (Å²) in [5.74, 6) is -2.30. The topological polar surface area (TPSA) is 111 Å². The molecule has 0 aromatic heterocycles. The fraction of sp³-hybridized carbons (Fsp3) is 0.769. The third-order valence-electron chi connectivity index (χ3n) is 13.2. The lowest BCUT2D eigenvalue weighted by Gasteiger charge is -2.26. The number of hydrogen-bond donors (Lipinski definition) is 0. The van der Waals surface area contributed by atoms with Crippen LogP contribution in [-0.2, 0) is 33.3 Å². The molecule has 9 nitrogen and oxygen atoms in total. The highest BCUT2D eigenvalue weighted by atomic mass is 16.7. The minimum absolute atomic E-state index is 0.143. The maximum Gasteiger partial charge on any atom is 0.306 e. The van der Waals surface area contributed by atoms with E-state index < -0.39 is 24.3 Å². The Kier molecular flexibility index (Phi) is 53.5. The van der Waals surface area contributed by atoms with Gasteiger partial charge in [0.2, 0.25) is 0 Å². The van der Waals surface area contributed by atoms with Gasteiger partial charge in [-0.1, -0.05) is 260 Å². The van der Waals surface area contributed by atoms with Crippen LogP contribution in [0.25, 0.3) is 0 Å². The average molecular weight is 1040 g/mol. The van der Waals surface area contributed by atoms with E-state index in [4.69, 9.17) is 18.9 Å². The second kappa shape index (κ2) is 55.9. The molecule has 0 spiro atoms. The lowest BCUT2D eigenvalue weighted by atomic mass is 10.0. The van der Waals surface area contributed by atoms with Crippen LogP contribution in [-0.4, -0.2) is 82.3 Å². The van der Waals surface area contributed by atoms with Crippen LogP contribution in [0, 0.1) is 0 Å². The van der Waals surface area contributed by atoms with Gasteiger partial charge in [0.1, 0.15) is 13.2 Å². The smallest absolute Gasteiger partial charge is 0.306 e. The van der Waals surface area contributed by atoms with Gasteiger partial charge in [0, 0.05) is 12.8 Å². The van der Waals surface area contributed by atoms with Crippen molar-refractivity contribution in [3.63, 3.8) is 0 Å². The van der Waals surface area contributed by atoms with Crippen LogP contribution in [0.3, 0.4) is 0 Å². The molecular weight excluding hydrogens is 923 g/mol. The second-order valence-electron chi connectivity index (χ2n) is 21.6. The standard InChI is InChI=1S/C65H115NO8/c1-6-8-10-12-14-16-18-20-22-24-26-28-30-32-34-36-38-40-42-44-46-48-50-52-54-56-63(68)74-61(60-73-65(64(69)70)71-58-57-66(3,4)5)59-72-62(67)55-53-51-49-47-45-43-41-39-37-35-33-31-29-27-25-23-21-19-17-15-13-11-9-7-2/h8,10,14,16,20,22,26,28,32,34,38,40,61,65H,6-7,9,11-13,15,17-19,21,23-25,27,29-31,33,35-37,39,41-60H2,1-5H3/b10-8-,16-14-,22-20-,28-26-,34-32-,40-38-. The molecule has 0 heterocycles. The molecule has 0 amide bonds. The molecule has 0 radical (unpaired) electrons. The number of unbranched alkanes of at least 4 members (excludes halogenated alkanes) is 29. The molecule has 9 heteroatoms. The number of ether oxygens (including phenoxy) is 4. The van der Waals surface area contributed by atoms with Gasteiger partial charge >= 0.3 is 11.9 Å². The molecule has 2 unspecified atom stereocenters. The molecular formula is C65H115NO8. The number of rotatable bonds is 56. The molecule has 0 fully saturated rings. The maximum atomic E-state index is 12.9. The quantitative estimate of drug-likeness (QED) is 0.0195. The molecule has 0 saturated heterocycles. The molecule has 0 aliphatic heterocycles. The lowest BCUT2D eigenvalue weighted by molar-refractivity contribution is -0.870. The predicted molar refractivity (Wildman–Crippen MR) is 311 cm³/mol. The zero-order valence-electron chi connectivity index (χ0n) is 48.7. The van der Waals surface area contributed by atoms with Crippen LogP contribution in [0.2, 0.25) is 0 Å². The molecule has 0 aromatic rings. The summed E-state index contributed by atoms with van der Waals surface area (Å²) in [6.07, 6.45) is 69.5. The Hall–Kier alpha value is -3.27. The van der Waals surface area contributed by atoms with Crippen LogP contribution in [0.15, 0.2) is 72.9 Å². The van der Waals surface area contributed by atoms with Gasteiger partial charge in [-0.3, -0.25) is 9.59 Å². The Morgan fingerprint density at radius 2 is 0.770 bits per heavy atom. The second-order valence-corrected chi connectivity index (χ2v) is 21.6. The number of allylic oxidation sites excluding steroid dienone is 12. The number of nitrogens with zero attached hydrogens (tertiary/aromatic N) is 1. The normalized spacial score (nSPS) is 13.3. The first kappa shape index (κ1) is 70.7. The van der Waals surface area contributed by atoms with Gasteiger partial charge in [-0.05, 0) is 64.2 Å². The molecule has 2 atom stereocenters. The molecule has 0 aromatic carbocycles. The van der Waals surface area contributed by atoms with E-state index in [1.165, 1.54) is 135 Å². The van der Waals surface area contributed by atoms with E-state index in [2.05, 4.69) is 86.8 Å². The average Bonchev–Trinajstić information content (AvgIpc) is 3.37. The highest BCUT2D eigenvalue weighted by Crippen LogP contribution is 2.17. The van der Waals surface area contributed by atoms with Crippen LogP contribution in [0.5, 0.6) is 0 Å². The Morgan fingerprint density at radius 3 is 1.15 bits per heavy atom. The summed E-state index contributed by atoms with van der Waals surface area (Å²) >= 11 is 0. The third-order valence-corrected chi connectivity index (χ3v) is 13.2. The van der Waals surface area contributed by atoms with Crippen molar-refractivity contribution in [2.24, 2.45) is 0 Å². The summed E-state index contributed by atoms with van der Waals surface area (Å²) in [5, 5.41) is 11.8. The SMILES string of the molecule is CC/C=C\C/C=C\C/C=C\C/C=C\C/C=C\C/C=C\CCCCCCCCC(=O)OC(COC(=O)CCCCCCCCCCCCCCCCCCCCCCCCCC)COC(OCC[N+](C)(C)C)C(=O)[O-]. The van der Waals surface area contributed by atoms with Crippen LogP contribution >= 0.6 is 0 Å². The lowest BCUT2D eigenvalue weighted by Crippen LogP contribution is -2.44. The summed E-state index contributed by atoms with van der Waals surface area (Å²) < 4.78 is 22.7. The first-order chi connectivity index (χ1) is 36.1. The summed E-state index contributed by atoms with van der Waals surface area (Å²) in [6.45, 7) is 4.64. The molecule has 0 aliphatic rings. The molecule has 0 rings (SSSR count). The predicted octanol–water partition coefficient (Wildman–Crippen LogP) is 16.8. The number of quaternary nitrogens is 1. The number of carboxylic acid groups (broad SMARTS) is 1. The number of aliphatic carboxylic acids is 1. The number of carbonyl (C=O) groups is 3. The molecule has 74 heavy (non-hydrogen) atoms. The van der Waals surface area contributed by atoms with E-state index in [0.717, 1.165) is 96.3 Å². The first-order valence-corrected chi connectivity index (χ1v) is 30.6. The number of carbonyl (C=O) groups excluding carboxylic acids is 3. The Labute approximate surface area is 456 Å². The molecule has 0 N–H and O–H groups in total. The van der Waals surface area contributed by atoms with Crippen LogP contribution in [0.1, 0.15) is 264 Å². The third kappa shape index (κ3) is 56.5. The van der Waals surface area contributed by atoms with Gasteiger partial charge in [-0.25, -0.2) is 0 Å². The van der Waals surface area contributed by atoms with Crippen molar-refractivity contribution in [1.82, 2.24) is 0 Å². The summed E-state index contributed by atoms with van der Waals surface area (Å²) in [6, 6.07) is 0. The zero-order chi connectivity index (χ0) is 54.1. The van der Waals surface area contributed by atoms with E-state index in [-0.39, 0.29) is 38.6 Å². The van der Waals surface area contributed by atoms with Crippen LogP contribution in [0.4, 0.5) is 0 Å². The summed E-state index contributed by atoms with van der Waals surface area (Å²) in [4.78, 5) is 37.4. The van der Waals surface area contributed by atoms with Gasteiger partial charge in [0.25, 0.3) is 0 Å². The minimum atomic E-state index is -1.63. The van der Waals surface area contributed by atoms with Crippen LogP contribution < -0.4 is 5.11 Å². The fourth-order valence-electron chi connectivity index (χ4n) is 8.54. The van der Waals surface area contributed by atoms with E-state index in [1.54, 1.807) is 0 Å². The monoisotopic (exact) mass is 1040 g/mol. The fourth-order valence-corrected chi connectivity index (χ4v) is 8.54. The summed E-state index contributed by atoms with van der Waals surface area (Å²) in [5.41, 5.74) is 0. The Morgan fingerprint density at radius 1 is 0.419 bits per heavy atom. The highest BCUT2D eigenvalue weighted by molar-refractivity contribution is 5.70. The van der Waals surface area contributed by atoms with Crippen molar-refractivity contribution in [2.45, 2.75) is 277 Å². The van der Waals surface area contributed by atoms with E-state index >= 15 is 0 Å². The van der Waals surface area contributed by atoms with Gasteiger partial charge in [0.15, 0.2) is 12.4 Å². The summed E-state index contributed by atoms with van der Waals surface area (Å²) in [7, 11) is 5.92. The number of esters is 2. The van der Waals surface area contributed by atoms with E-state index in [1.807, 2.05) is 21.1 Å². The molecule has 428 valence electrons. The van der Waals surface area contributed by atoms with E-state index in [0.29, 0.717) is 17.4 Å². The largest absolute Gasteiger partial charge is 0.545 e. The Balaban J connectivity index is 4.25. The van der Waals surface area contributed by atoms with Gasteiger partial charge in [-0.15, -0.1) is 0 Å². The zero-order valence-corrected chi connectivity index (χ0v) is 48.7. The number of hydrogen-bond acceptors (Lipinski definition) is 8. The van der Waals surface area contributed by atoms with Gasteiger partial charge in [-0.2, -0.15) is 0 Å². The number of carboxylic acids is 1. The highest BCUT2D eigenvalue weighted by Gasteiger charge is 2.22. The molecule has 0 bridgehead atoms. The number of likely N-dealkylation sites (N-methyl/N-ethyl adjacent to an activating group) is 1. The molecule has 0 aliphatic carbocycles. The first-order valence-electron chi connectivity index (χ1n) is 30.6. The van der Waals surface area contributed by atoms with Crippen molar-refractivity contribution in [3.05, 3.63) is 72.9 Å². The van der Waals surface area contributed by atoms with Crippen molar-refractivity contribution in [2.75, 3.05) is 47.5 Å². The Bertz CT molecular complexity index is 1440. The minimum Gasteiger partial charge on any atom is -0.545 e. The van der Waals surface area contributed by atoms with E-state index in [9.17, 15) is 19.5 Å². The molecule has 0 saturated carbocycles. The van der Waals surface area contributed by atoms with Gasteiger partial charge in [0.05, 0.1) is 40.3 Å². The van der Waals surface area contributed by atoms with Crippen molar-refractivity contribution < 1.29 is 42.9 Å². The van der Waals surface area contributed by atoms with Crippen molar-refractivity contribution >= 4 is 17.9 Å². The maximum absolute atomic E-state index is 12.9. The van der Waals surface area contributed by atoms with Crippen molar-refractivity contribution in [3.8, 4) is 0 Å².